The minimum Gasteiger partial charge on any atom is -0.370 e. The Kier molecular flexibility index (Phi) is 2.60. The lowest BCUT2D eigenvalue weighted by Crippen LogP contribution is -2.29. The summed E-state index contributed by atoms with van der Waals surface area (Å²) in [5.74, 6) is 0.236. The van der Waals surface area contributed by atoms with E-state index in [1.54, 1.807) is 0 Å². The predicted octanol–water partition coefficient (Wildman–Crippen LogP) is 1.23. The van der Waals surface area contributed by atoms with Gasteiger partial charge in [-0.3, -0.25) is 4.99 Å². The van der Waals surface area contributed by atoms with Crippen LogP contribution in [0.25, 0.3) is 0 Å². The highest BCUT2D eigenvalue weighted by Crippen LogP contribution is 2.35. The number of nitrogens with two attached hydrogens (primary N) is 2. The first-order valence-electron chi connectivity index (χ1n) is 4.58. The van der Waals surface area contributed by atoms with Crippen molar-refractivity contribution in [1.82, 2.24) is 0 Å². The molecule has 0 radical (unpaired) electrons. The fourth-order valence-electron chi connectivity index (χ4n) is 1.72. The van der Waals surface area contributed by atoms with E-state index in [-0.39, 0.29) is 5.96 Å². The van der Waals surface area contributed by atoms with E-state index >= 15 is 0 Å². The van der Waals surface area contributed by atoms with Gasteiger partial charge in [-0.1, -0.05) is 13.8 Å². The second kappa shape index (κ2) is 3.33. The third-order valence-electron chi connectivity index (χ3n) is 2.64. The van der Waals surface area contributed by atoms with Crippen LogP contribution in [0, 0.1) is 5.41 Å². The first kappa shape index (κ1) is 9.36. The molecule has 1 rings (SSSR count). The Balaban J connectivity index is 2.42. The summed E-state index contributed by atoms with van der Waals surface area (Å²) in [6, 6.07) is 0.378. The third-order valence-corrected chi connectivity index (χ3v) is 2.64. The predicted molar refractivity (Wildman–Crippen MR) is 51.8 cm³/mol. The highest BCUT2D eigenvalue weighted by Gasteiger charge is 2.26. The summed E-state index contributed by atoms with van der Waals surface area (Å²) in [5, 5.41) is 0. The standard InChI is InChI=1S/C9H19N3/c1-9(2)5-3-7(4-6-9)12-8(10)11/h7H,3-6H2,1-2H3,(H4,10,11,12). The highest BCUT2D eigenvalue weighted by atomic mass is 15.0. The highest BCUT2D eigenvalue weighted by molar-refractivity contribution is 5.75. The van der Waals surface area contributed by atoms with E-state index in [0.717, 1.165) is 12.8 Å². The molecule has 1 aliphatic rings. The number of guanidine groups is 1. The van der Waals surface area contributed by atoms with Gasteiger partial charge in [0.2, 0.25) is 0 Å². The fourth-order valence-corrected chi connectivity index (χ4v) is 1.72. The molecule has 0 aliphatic heterocycles. The van der Waals surface area contributed by atoms with Crippen molar-refractivity contribution in [1.29, 1.82) is 0 Å². The molecule has 0 aromatic carbocycles. The molecule has 0 bridgehead atoms. The molecule has 3 heteroatoms. The summed E-state index contributed by atoms with van der Waals surface area (Å²) in [6.07, 6.45) is 4.72. The van der Waals surface area contributed by atoms with E-state index in [4.69, 9.17) is 11.5 Å². The maximum Gasteiger partial charge on any atom is 0.186 e. The Bertz CT molecular complexity index is 170. The number of hydrogen-bond donors (Lipinski definition) is 2. The molecule has 4 N–H and O–H groups in total. The number of rotatable bonds is 1. The molecule has 0 unspecified atom stereocenters. The van der Waals surface area contributed by atoms with Crippen molar-refractivity contribution < 1.29 is 0 Å². The summed E-state index contributed by atoms with van der Waals surface area (Å²) in [7, 11) is 0. The van der Waals surface area contributed by atoms with Crippen LogP contribution in [0.5, 0.6) is 0 Å². The Morgan fingerprint density at radius 3 is 2.17 bits per heavy atom. The van der Waals surface area contributed by atoms with Crippen molar-refractivity contribution in [3.63, 3.8) is 0 Å². The molecule has 0 aromatic rings. The lowest BCUT2D eigenvalue weighted by Gasteiger charge is -2.32. The summed E-state index contributed by atoms with van der Waals surface area (Å²) in [6.45, 7) is 4.61. The normalized spacial score (nSPS) is 23.5. The quantitative estimate of drug-likeness (QED) is 0.458. The molecule has 0 amide bonds. The molecule has 0 saturated heterocycles. The smallest absolute Gasteiger partial charge is 0.186 e. The lowest BCUT2D eigenvalue weighted by molar-refractivity contribution is 0.226. The molecule has 0 spiro atoms. The zero-order valence-corrected chi connectivity index (χ0v) is 8.01. The van der Waals surface area contributed by atoms with Gasteiger partial charge in [0, 0.05) is 0 Å². The molecule has 1 aliphatic carbocycles. The second-order valence-electron chi connectivity index (χ2n) is 4.45. The largest absolute Gasteiger partial charge is 0.370 e. The maximum atomic E-state index is 5.32. The van der Waals surface area contributed by atoms with Crippen molar-refractivity contribution in [2.75, 3.05) is 0 Å². The van der Waals surface area contributed by atoms with E-state index < -0.39 is 0 Å². The minimum atomic E-state index is 0.236. The molecule has 1 saturated carbocycles. The van der Waals surface area contributed by atoms with Crippen LogP contribution >= 0.6 is 0 Å². The molecule has 12 heavy (non-hydrogen) atoms. The lowest BCUT2D eigenvalue weighted by atomic mass is 9.76. The molecule has 0 heterocycles. The molecule has 3 nitrogen and oxygen atoms in total. The minimum absolute atomic E-state index is 0.236. The van der Waals surface area contributed by atoms with E-state index in [1.807, 2.05) is 0 Å². The number of hydrogen-bond acceptors (Lipinski definition) is 1. The van der Waals surface area contributed by atoms with Crippen LogP contribution in [0.1, 0.15) is 39.5 Å². The van der Waals surface area contributed by atoms with E-state index in [9.17, 15) is 0 Å². The van der Waals surface area contributed by atoms with Gasteiger partial charge in [0.15, 0.2) is 5.96 Å². The first-order chi connectivity index (χ1) is 5.49. The SMILES string of the molecule is CC1(C)CCC(N=C(N)N)CC1. The number of aliphatic imine (C=N–C) groups is 1. The second-order valence-corrected chi connectivity index (χ2v) is 4.45. The Labute approximate surface area is 74.2 Å². The average molecular weight is 169 g/mol. The van der Waals surface area contributed by atoms with Gasteiger partial charge in [-0.25, -0.2) is 0 Å². The van der Waals surface area contributed by atoms with Gasteiger partial charge >= 0.3 is 0 Å². The summed E-state index contributed by atoms with van der Waals surface area (Å²) in [4.78, 5) is 4.17. The van der Waals surface area contributed by atoms with Gasteiger partial charge in [0.1, 0.15) is 0 Å². The first-order valence-corrected chi connectivity index (χ1v) is 4.58. The van der Waals surface area contributed by atoms with E-state index in [2.05, 4.69) is 18.8 Å². The zero-order chi connectivity index (χ0) is 9.19. The van der Waals surface area contributed by atoms with Crippen LogP contribution in [0.2, 0.25) is 0 Å². The van der Waals surface area contributed by atoms with Crippen molar-refractivity contribution >= 4 is 5.96 Å². The van der Waals surface area contributed by atoms with Crippen molar-refractivity contribution in [3.05, 3.63) is 0 Å². The third kappa shape index (κ3) is 2.72. The van der Waals surface area contributed by atoms with Crippen LogP contribution in [0.15, 0.2) is 4.99 Å². The van der Waals surface area contributed by atoms with Crippen molar-refractivity contribution in [2.24, 2.45) is 21.9 Å². The van der Waals surface area contributed by atoms with Gasteiger partial charge in [-0.2, -0.15) is 0 Å². The van der Waals surface area contributed by atoms with Gasteiger partial charge in [0.25, 0.3) is 0 Å². The van der Waals surface area contributed by atoms with E-state index in [1.165, 1.54) is 12.8 Å². The molecular weight excluding hydrogens is 150 g/mol. The average Bonchev–Trinajstić information content (AvgIpc) is 1.93. The van der Waals surface area contributed by atoms with Crippen molar-refractivity contribution in [3.8, 4) is 0 Å². The van der Waals surface area contributed by atoms with Crippen LogP contribution in [0.4, 0.5) is 0 Å². The van der Waals surface area contributed by atoms with Crippen molar-refractivity contribution in [2.45, 2.75) is 45.6 Å². The Hall–Kier alpha value is -0.730. The van der Waals surface area contributed by atoms with Crippen LogP contribution in [0.3, 0.4) is 0 Å². The van der Waals surface area contributed by atoms with Crippen LogP contribution in [-0.2, 0) is 0 Å². The monoisotopic (exact) mass is 169 g/mol. The molecule has 0 aromatic heterocycles. The molecule has 0 atom stereocenters. The topological polar surface area (TPSA) is 64.4 Å². The van der Waals surface area contributed by atoms with Gasteiger partial charge in [-0.15, -0.1) is 0 Å². The van der Waals surface area contributed by atoms with Gasteiger partial charge in [-0.05, 0) is 31.1 Å². The van der Waals surface area contributed by atoms with Crippen LogP contribution < -0.4 is 11.5 Å². The molecule has 70 valence electrons. The summed E-state index contributed by atoms with van der Waals surface area (Å²) in [5.41, 5.74) is 11.1. The van der Waals surface area contributed by atoms with Crippen LogP contribution in [-0.4, -0.2) is 12.0 Å². The fraction of sp³-hybridized carbons (Fsp3) is 0.889. The summed E-state index contributed by atoms with van der Waals surface area (Å²) >= 11 is 0. The Morgan fingerprint density at radius 2 is 1.75 bits per heavy atom. The summed E-state index contributed by atoms with van der Waals surface area (Å²) < 4.78 is 0. The zero-order valence-electron chi connectivity index (χ0n) is 8.01. The maximum absolute atomic E-state index is 5.32. The molecular formula is C9H19N3. The van der Waals surface area contributed by atoms with Gasteiger partial charge < -0.3 is 11.5 Å². The van der Waals surface area contributed by atoms with E-state index in [0.29, 0.717) is 11.5 Å². The van der Waals surface area contributed by atoms with Gasteiger partial charge in [0.05, 0.1) is 6.04 Å². The Morgan fingerprint density at radius 1 is 1.25 bits per heavy atom. The molecule has 1 fully saturated rings. The number of nitrogens with zero attached hydrogens (tertiary/aromatic N) is 1.